The fraction of sp³-hybridized carbons (Fsp3) is 0.462. The molecule has 1 aliphatic rings. The van der Waals surface area contributed by atoms with Gasteiger partial charge >= 0.3 is 0 Å². The summed E-state index contributed by atoms with van der Waals surface area (Å²) in [4.78, 5) is 11.7. The van der Waals surface area contributed by atoms with Crippen LogP contribution in [0, 0.1) is 0 Å². The normalized spacial score (nSPS) is 24.3. The molecule has 18 heavy (non-hydrogen) atoms. The molecule has 5 heteroatoms. The third-order valence-corrected chi connectivity index (χ3v) is 4.59. The first kappa shape index (κ1) is 13.8. The highest BCUT2D eigenvalue weighted by Gasteiger charge is 2.23. The van der Waals surface area contributed by atoms with E-state index in [-0.39, 0.29) is 11.9 Å². The lowest BCUT2D eigenvalue weighted by molar-refractivity contribution is -0.118. The fourth-order valence-electron chi connectivity index (χ4n) is 2.09. The summed E-state index contributed by atoms with van der Waals surface area (Å²) in [6.45, 7) is 0. The Morgan fingerprint density at radius 1 is 1.50 bits per heavy atom. The molecule has 1 aliphatic carbocycles. The van der Waals surface area contributed by atoms with Gasteiger partial charge in [-0.1, -0.05) is 12.8 Å². The molecular weight excluding hydrogens is 314 g/mol. The van der Waals surface area contributed by atoms with Gasteiger partial charge in [-0.15, -0.1) is 11.3 Å². The molecule has 2 N–H and O–H groups in total. The van der Waals surface area contributed by atoms with Crippen molar-refractivity contribution in [2.45, 2.75) is 37.8 Å². The number of carbonyl (C=O) groups excluding carboxylic acids is 1. The summed E-state index contributed by atoms with van der Waals surface area (Å²) in [6.07, 6.45) is 6.68. The maximum absolute atomic E-state index is 11.7. The fourth-order valence-corrected chi connectivity index (χ4v) is 3.24. The predicted octanol–water partition coefficient (Wildman–Crippen LogP) is 2.94. The van der Waals surface area contributed by atoms with Gasteiger partial charge in [0, 0.05) is 6.08 Å². The lowest BCUT2D eigenvalue weighted by atomic mass is 9.92. The number of nitrogens with one attached hydrogen (secondary N) is 1. The zero-order valence-electron chi connectivity index (χ0n) is 9.93. The number of aliphatic hydroxyl groups is 1. The Balaban J connectivity index is 1.86. The minimum Gasteiger partial charge on any atom is -0.391 e. The Morgan fingerprint density at radius 3 is 2.94 bits per heavy atom. The average molecular weight is 330 g/mol. The van der Waals surface area contributed by atoms with E-state index in [4.69, 9.17) is 0 Å². The molecule has 1 fully saturated rings. The van der Waals surface area contributed by atoms with Crippen LogP contribution in [0.4, 0.5) is 0 Å². The third kappa shape index (κ3) is 3.93. The molecular formula is C13H16BrNO2S. The van der Waals surface area contributed by atoms with Crippen molar-refractivity contribution in [3.63, 3.8) is 0 Å². The SMILES string of the molecule is O=C(/C=C/c1csc(Br)c1)NC1CCCCC1O. The largest absolute Gasteiger partial charge is 0.391 e. The summed E-state index contributed by atoms with van der Waals surface area (Å²) in [7, 11) is 0. The van der Waals surface area contributed by atoms with E-state index in [1.807, 2.05) is 11.4 Å². The number of halogens is 1. The van der Waals surface area contributed by atoms with Crippen LogP contribution in [0.2, 0.25) is 0 Å². The molecule has 1 heterocycles. The van der Waals surface area contributed by atoms with E-state index in [2.05, 4.69) is 21.2 Å². The number of hydrogen-bond donors (Lipinski definition) is 2. The van der Waals surface area contributed by atoms with Gasteiger partial charge < -0.3 is 10.4 Å². The van der Waals surface area contributed by atoms with Gasteiger partial charge in [0.25, 0.3) is 0 Å². The van der Waals surface area contributed by atoms with E-state index in [1.54, 1.807) is 17.4 Å². The monoisotopic (exact) mass is 329 g/mol. The topological polar surface area (TPSA) is 49.3 Å². The number of amides is 1. The van der Waals surface area contributed by atoms with E-state index >= 15 is 0 Å². The van der Waals surface area contributed by atoms with Crippen LogP contribution < -0.4 is 5.32 Å². The number of hydrogen-bond acceptors (Lipinski definition) is 3. The van der Waals surface area contributed by atoms with Gasteiger partial charge in [0.05, 0.1) is 15.9 Å². The van der Waals surface area contributed by atoms with Crippen molar-refractivity contribution >= 4 is 39.2 Å². The molecule has 0 radical (unpaired) electrons. The molecule has 0 aromatic carbocycles. The molecule has 1 amide bonds. The number of thiophene rings is 1. The molecule has 3 nitrogen and oxygen atoms in total. The van der Waals surface area contributed by atoms with Gasteiger partial charge in [0.2, 0.25) is 5.91 Å². The summed E-state index contributed by atoms with van der Waals surface area (Å²) >= 11 is 4.96. The van der Waals surface area contributed by atoms with Crippen LogP contribution in [0.5, 0.6) is 0 Å². The molecule has 2 rings (SSSR count). The van der Waals surface area contributed by atoms with E-state index in [0.717, 1.165) is 35.0 Å². The van der Waals surface area contributed by atoms with Crippen molar-refractivity contribution in [1.29, 1.82) is 0 Å². The third-order valence-electron chi connectivity index (χ3n) is 3.07. The quantitative estimate of drug-likeness (QED) is 0.837. The van der Waals surface area contributed by atoms with Gasteiger partial charge in [-0.2, -0.15) is 0 Å². The molecule has 0 saturated heterocycles. The highest BCUT2D eigenvalue weighted by Crippen LogP contribution is 2.21. The summed E-state index contributed by atoms with van der Waals surface area (Å²) in [5.74, 6) is -0.136. The Labute approximate surface area is 119 Å². The van der Waals surface area contributed by atoms with Gasteiger partial charge in [-0.3, -0.25) is 4.79 Å². The second-order valence-electron chi connectivity index (χ2n) is 4.48. The summed E-state index contributed by atoms with van der Waals surface area (Å²) < 4.78 is 1.05. The molecule has 98 valence electrons. The van der Waals surface area contributed by atoms with Crippen LogP contribution in [0.25, 0.3) is 6.08 Å². The average Bonchev–Trinajstić information content (AvgIpc) is 2.76. The molecule has 0 spiro atoms. The van der Waals surface area contributed by atoms with Crippen LogP contribution in [0.1, 0.15) is 31.2 Å². The molecule has 2 atom stereocenters. The first-order valence-electron chi connectivity index (χ1n) is 6.06. The highest BCUT2D eigenvalue weighted by molar-refractivity contribution is 9.11. The van der Waals surface area contributed by atoms with Gasteiger partial charge in [-0.05, 0) is 51.9 Å². The van der Waals surface area contributed by atoms with Gasteiger partial charge in [0.1, 0.15) is 0 Å². The standard InChI is InChI=1S/C13H16BrNO2S/c14-12-7-9(8-18-12)5-6-13(17)15-10-3-1-2-4-11(10)16/h5-8,10-11,16H,1-4H2,(H,15,17)/b6-5+. The molecule has 0 aliphatic heterocycles. The number of rotatable bonds is 3. The second kappa shape index (κ2) is 6.50. The Kier molecular flexibility index (Phi) is 4.97. The number of aliphatic hydroxyl groups excluding tert-OH is 1. The van der Waals surface area contributed by atoms with Crippen LogP contribution in [0.15, 0.2) is 21.3 Å². The zero-order chi connectivity index (χ0) is 13.0. The van der Waals surface area contributed by atoms with Gasteiger partial charge in [0.15, 0.2) is 0 Å². The van der Waals surface area contributed by atoms with Crippen LogP contribution in [-0.4, -0.2) is 23.2 Å². The Hall–Kier alpha value is -0.650. The van der Waals surface area contributed by atoms with Crippen LogP contribution in [-0.2, 0) is 4.79 Å². The van der Waals surface area contributed by atoms with E-state index in [0.29, 0.717) is 0 Å². The Bertz CT molecular complexity index is 444. The summed E-state index contributed by atoms with van der Waals surface area (Å²) in [5.41, 5.74) is 1.01. The van der Waals surface area contributed by atoms with Crippen molar-refractivity contribution in [1.82, 2.24) is 5.32 Å². The first-order valence-corrected chi connectivity index (χ1v) is 7.73. The van der Waals surface area contributed by atoms with Gasteiger partial charge in [-0.25, -0.2) is 0 Å². The van der Waals surface area contributed by atoms with Crippen molar-refractivity contribution in [3.05, 3.63) is 26.9 Å². The maximum Gasteiger partial charge on any atom is 0.244 e. The van der Waals surface area contributed by atoms with E-state index in [1.165, 1.54) is 6.08 Å². The molecule has 2 unspecified atom stereocenters. The second-order valence-corrected chi connectivity index (χ2v) is 6.77. The summed E-state index contributed by atoms with van der Waals surface area (Å²) in [6, 6.07) is 1.87. The van der Waals surface area contributed by atoms with E-state index < -0.39 is 6.10 Å². The molecule has 0 bridgehead atoms. The van der Waals surface area contributed by atoms with Crippen molar-refractivity contribution in [3.8, 4) is 0 Å². The smallest absolute Gasteiger partial charge is 0.244 e. The zero-order valence-corrected chi connectivity index (χ0v) is 12.3. The molecule has 1 aromatic rings. The van der Waals surface area contributed by atoms with Crippen LogP contribution in [0.3, 0.4) is 0 Å². The lowest BCUT2D eigenvalue weighted by Gasteiger charge is -2.27. The van der Waals surface area contributed by atoms with Crippen LogP contribution >= 0.6 is 27.3 Å². The maximum atomic E-state index is 11.7. The Morgan fingerprint density at radius 2 is 2.28 bits per heavy atom. The molecule has 1 aromatic heterocycles. The van der Waals surface area contributed by atoms with Crippen molar-refractivity contribution < 1.29 is 9.90 Å². The van der Waals surface area contributed by atoms with Crippen molar-refractivity contribution in [2.24, 2.45) is 0 Å². The molecule has 1 saturated carbocycles. The predicted molar refractivity (Wildman–Crippen MR) is 77.5 cm³/mol. The van der Waals surface area contributed by atoms with Crippen molar-refractivity contribution in [2.75, 3.05) is 0 Å². The minimum atomic E-state index is -0.397. The number of carbonyl (C=O) groups is 1. The lowest BCUT2D eigenvalue weighted by Crippen LogP contribution is -2.44. The van der Waals surface area contributed by atoms with E-state index in [9.17, 15) is 9.90 Å². The summed E-state index contributed by atoms with van der Waals surface area (Å²) in [5, 5.41) is 14.6. The first-order chi connectivity index (χ1) is 8.65. The highest BCUT2D eigenvalue weighted by atomic mass is 79.9. The minimum absolute atomic E-state index is 0.0925.